The smallest absolute Gasteiger partial charge is 0.271 e. The van der Waals surface area contributed by atoms with Gasteiger partial charge in [0.2, 0.25) is 0 Å². The predicted octanol–water partition coefficient (Wildman–Crippen LogP) is 11.4. The molecule has 1 saturated heterocycles. The highest BCUT2D eigenvalue weighted by Crippen LogP contribution is 2.42. The Hall–Kier alpha value is -2.84. The van der Waals surface area contributed by atoms with E-state index in [9.17, 15) is 4.79 Å². The molecule has 1 fully saturated rings. The van der Waals surface area contributed by atoms with Crippen molar-refractivity contribution in [1.29, 1.82) is 0 Å². The van der Waals surface area contributed by atoms with E-state index in [0.717, 1.165) is 16.7 Å². The molecule has 5 nitrogen and oxygen atoms in total. The Morgan fingerprint density at radius 3 is 2.23 bits per heavy atom. The summed E-state index contributed by atoms with van der Waals surface area (Å²) in [5.41, 5.74) is 4.42. The van der Waals surface area contributed by atoms with E-state index >= 15 is 0 Å². The van der Waals surface area contributed by atoms with E-state index in [4.69, 9.17) is 72.5 Å². The molecule has 4 aromatic carbocycles. The van der Waals surface area contributed by atoms with Gasteiger partial charge >= 0.3 is 0 Å². The van der Waals surface area contributed by atoms with Crippen LogP contribution in [0.2, 0.25) is 25.1 Å². The third-order valence-electron chi connectivity index (χ3n) is 6.62. The van der Waals surface area contributed by atoms with Crippen LogP contribution in [0.15, 0.2) is 76.6 Å². The molecule has 1 aliphatic heterocycles. The van der Waals surface area contributed by atoms with Gasteiger partial charge in [-0.1, -0.05) is 76.2 Å². The summed E-state index contributed by atoms with van der Waals surface area (Å²) in [5.74, 6) is 0.526. The molecule has 0 saturated carbocycles. The van der Waals surface area contributed by atoms with Crippen LogP contribution in [0.3, 0.4) is 0 Å². The molecule has 1 amide bonds. The quantitative estimate of drug-likeness (QED) is 0.171. The summed E-state index contributed by atoms with van der Waals surface area (Å²) >= 11 is 33.1. The molecular formula is C33H25Cl5N2O3S. The van der Waals surface area contributed by atoms with Crippen molar-refractivity contribution in [3.63, 3.8) is 0 Å². The lowest BCUT2D eigenvalue weighted by atomic mass is 10.1. The first-order chi connectivity index (χ1) is 21.0. The van der Waals surface area contributed by atoms with Crippen LogP contribution in [0, 0.1) is 13.8 Å². The molecule has 0 aromatic heterocycles. The zero-order chi connectivity index (χ0) is 31.5. The minimum Gasteiger partial charge on any atom is -0.490 e. The van der Waals surface area contributed by atoms with Crippen molar-refractivity contribution in [2.75, 3.05) is 11.5 Å². The molecule has 5 rings (SSSR count). The van der Waals surface area contributed by atoms with Crippen molar-refractivity contribution in [2.24, 2.45) is 4.99 Å². The van der Waals surface area contributed by atoms with Gasteiger partial charge in [-0.05, 0) is 104 Å². The van der Waals surface area contributed by atoms with Crippen molar-refractivity contribution in [3.8, 4) is 11.5 Å². The highest BCUT2D eigenvalue weighted by atomic mass is 35.5. The molecule has 0 radical (unpaired) electrons. The van der Waals surface area contributed by atoms with Crippen LogP contribution in [-0.2, 0) is 11.4 Å². The summed E-state index contributed by atoms with van der Waals surface area (Å²) in [5, 5.41) is 2.91. The highest BCUT2D eigenvalue weighted by Gasteiger charge is 2.35. The number of amidine groups is 1. The lowest BCUT2D eigenvalue weighted by Crippen LogP contribution is -2.28. The van der Waals surface area contributed by atoms with Gasteiger partial charge in [0.15, 0.2) is 16.7 Å². The van der Waals surface area contributed by atoms with Crippen LogP contribution in [0.5, 0.6) is 11.5 Å². The van der Waals surface area contributed by atoms with Gasteiger partial charge in [-0.3, -0.25) is 9.69 Å². The first kappa shape index (κ1) is 32.6. The Morgan fingerprint density at radius 2 is 1.55 bits per heavy atom. The van der Waals surface area contributed by atoms with Crippen LogP contribution in [-0.4, -0.2) is 17.7 Å². The molecule has 1 heterocycles. The van der Waals surface area contributed by atoms with E-state index in [1.54, 1.807) is 48.5 Å². The maximum Gasteiger partial charge on any atom is 0.271 e. The number of hydrogen-bond acceptors (Lipinski definition) is 5. The lowest BCUT2D eigenvalue weighted by Gasteiger charge is -2.17. The number of ether oxygens (including phenoxy) is 2. The van der Waals surface area contributed by atoms with E-state index in [2.05, 4.69) is 0 Å². The zero-order valence-electron chi connectivity index (χ0n) is 23.8. The number of nitrogens with zero attached hydrogens (tertiary/aromatic N) is 2. The van der Waals surface area contributed by atoms with Crippen LogP contribution < -0.4 is 14.4 Å². The van der Waals surface area contributed by atoms with Gasteiger partial charge in [0.25, 0.3) is 5.91 Å². The Labute approximate surface area is 285 Å². The SMILES string of the molecule is CCOc1cc(/C=C2/SC(=Nc3ccc(C)c(Cl)c3)N(c3ccc(C)c(Cl)c3)C2=O)cc(Cl)c1OCc1ccc(Cl)cc1Cl. The summed E-state index contributed by atoms with van der Waals surface area (Å²) < 4.78 is 11.9. The fraction of sp³-hybridized carbons (Fsp3) is 0.152. The van der Waals surface area contributed by atoms with Crippen LogP contribution in [0.4, 0.5) is 11.4 Å². The number of carbonyl (C=O) groups excluding carboxylic acids is 1. The number of anilines is 1. The van der Waals surface area contributed by atoms with E-state index in [1.807, 2.05) is 45.0 Å². The number of aryl methyl sites for hydroxylation is 2. The fourth-order valence-electron chi connectivity index (χ4n) is 4.27. The topological polar surface area (TPSA) is 51.1 Å². The first-order valence-electron chi connectivity index (χ1n) is 13.4. The molecule has 226 valence electrons. The van der Waals surface area contributed by atoms with Crippen LogP contribution in [0.1, 0.15) is 29.2 Å². The molecule has 0 atom stereocenters. The first-order valence-corrected chi connectivity index (χ1v) is 16.1. The Kier molecular flexibility index (Phi) is 10.4. The molecule has 1 aliphatic rings. The summed E-state index contributed by atoms with van der Waals surface area (Å²) in [6.45, 7) is 6.21. The molecule has 0 N–H and O–H groups in total. The average molecular weight is 707 g/mol. The zero-order valence-corrected chi connectivity index (χ0v) is 28.4. The minimum absolute atomic E-state index is 0.154. The van der Waals surface area contributed by atoms with E-state index in [1.165, 1.54) is 16.7 Å². The van der Waals surface area contributed by atoms with Crippen molar-refractivity contribution in [2.45, 2.75) is 27.4 Å². The van der Waals surface area contributed by atoms with Crippen molar-refractivity contribution in [3.05, 3.63) is 119 Å². The second-order valence-electron chi connectivity index (χ2n) is 9.80. The molecule has 0 unspecified atom stereocenters. The largest absolute Gasteiger partial charge is 0.490 e. The van der Waals surface area contributed by atoms with Crippen LogP contribution in [0.25, 0.3) is 6.08 Å². The maximum absolute atomic E-state index is 13.9. The average Bonchev–Trinajstić information content (AvgIpc) is 3.26. The standard InChI is InChI=1S/C33H25Cl5N2O3S/c1-4-42-29-12-20(11-28(38)31(29)43-17-21-7-8-22(34)14-27(21)37)13-30-32(41)40(24-10-6-19(3)26(36)16-24)33(44-30)39-23-9-5-18(2)25(35)15-23/h5-16H,4,17H2,1-3H3/b30-13+,39-33?. The monoisotopic (exact) mass is 704 g/mol. The van der Waals surface area contributed by atoms with Gasteiger partial charge in [-0.25, -0.2) is 4.99 Å². The van der Waals surface area contributed by atoms with Gasteiger partial charge in [0, 0.05) is 25.7 Å². The summed E-state index contributed by atoms with van der Waals surface area (Å²) in [7, 11) is 0. The fourth-order valence-corrected chi connectivity index (χ4v) is 6.36. The Balaban J connectivity index is 1.51. The van der Waals surface area contributed by atoms with Crippen molar-refractivity contribution in [1.82, 2.24) is 0 Å². The molecular weight excluding hydrogens is 682 g/mol. The predicted molar refractivity (Wildman–Crippen MR) is 186 cm³/mol. The van der Waals surface area contributed by atoms with E-state index in [-0.39, 0.29) is 12.5 Å². The number of benzene rings is 4. The normalized spacial score (nSPS) is 15.0. The van der Waals surface area contributed by atoms with Gasteiger partial charge < -0.3 is 9.47 Å². The van der Waals surface area contributed by atoms with E-state index < -0.39 is 0 Å². The number of amides is 1. The number of halogens is 5. The third kappa shape index (κ3) is 7.34. The number of carbonyl (C=O) groups is 1. The summed E-state index contributed by atoms with van der Waals surface area (Å²) in [4.78, 5) is 20.6. The van der Waals surface area contributed by atoms with Crippen molar-refractivity contribution < 1.29 is 14.3 Å². The molecule has 4 aromatic rings. The Bertz CT molecular complexity index is 1830. The third-order valence-corrected chi connectivity index (χ3v) is 9.27. The van der Waals surface area contributed by atoms with E-state index in [0.29, 0.717) is 70.2 Å². The second kappa shape index (κ2) is 14.1. The van der Waals surface area contributed by atoms with Gasteiger partial charge in [0.05, 0.1) is 27.9 Å². The number of rotatable bonds is 8. The van der Waals surface area contributed by atoms with Gasteiger partial charge in [-0.15, -0.1) is 0 Å². The minimum atomic E-state index is -0.265. The summed E-state index contributed by atoms with van der Waals surface area (Å²) in [6.07, 6.45) is 1.74. The van der Waals surface area contributed by atoms with Gasteiger partial charge in [-0.2, -0.15) is 0 Å². The second-order valence-corrected chi connectivity index (χ2v) is 12.9. The maximum atomic E-state index is 13.9. The lowest BCUT2D eigenvalue weighted by molar-refractivity contribution is -0.113. The van der Waals surface area contributed by atoms with Gasteiger partial charge in [0.1, 0.15) is 6.61 Å². The molecule has 11 heteroatoms. The molecule has 0 aliphatic carbocycles. The number of thioether (sulfide) groups is 1. The Morgan fingerprint density at radius 1 is 0.818 bits per heavy atom. The summed E-state index contributed by atoms with van der Waals surface area (Å²) in [6, 6.07) is 19.6. The molecule has 0 spiro atoms. The number of aliphatic imine (C=N–C) groups is 1. The van der Waals surface area contributed by atoms with Crippen molar-refractivity contribution >= 4 is 98.3 Å². The number of hydrogen-bond donors (Lipinski definition) is 0. The molecule has 44 heavy (non-hydrogen) atoms. The van der Waals surface area contributed by atoms with Crippen LogP contribution >= 0.6 is 69.8 Å². The highest BCUT2D eigenvalue weighted by molar-refractivity contribution is 8.19. The molecule has 0 bridgehead atoms.